The molecule has 1 heterocycles. The van der Waals surface area contributed by atoms with Crippen LogP contribution in [0.4, 0.5) is 0 Å². The van der Waals surface area contributed by atoms with Crippen molar-refractivity contribution in [2.24, 2.45) is 5.92 Å². The van der Waals surface area contributed by atoms with E-state index in [0.717, 1.165) is 38.9 Å². The average Bonchev–Trinajstić information content (AvgIpc) is 2.48. The molecule has 0 aliphatic carbocycles. The summed E-state index contributed by atoms with van der Waals surface area (Å²) in [4.78, 5) is 2.54. The van der Waals surface area contributed by atoms with E-state index in [-0.39, 0.29) is 0 Å². The molecule has 1 unspecified atom stereocenters. The van der Waals surface area contributed by atoms with E-state index in [1.54, 1.807) is 14.2 Å². The molecule has 1 aliphatic heterocycles. The first kappa shape index (κ1) is 15.5. The topological polar surface area (TPSA) is 21.7 Å². The minimum Gasteiger partial charge on any atom is -0.353 e. The molecule has 0 radical (unpaired) electrons. The fourth-order valence-corrected chi connectivity index (χ4v) is 3.19. The lowest BCUT2D eigenvalue weighted by molar-refractivity contribution is -0.245. The highest BCUT2D eigenvalue weighted by Gasteiger charge is 2.37. The molecule has 0 amide bonds. The summed E-state index contributed by atoms with van der Waals surface area (Å²) < 4.78 is 11.4. The van der Waals surface area contributed by atoms with Gasteiger partial charge in [0, 0.05) is 33.1 Å². The maximum absolute atomic E-state index is 5.69. The van der Waals surface area contributed by atoms with Gasteiger partial charge in [0.1, 0.15) is 0 Å². The molecule has 0 saturated carbocycles. The smallest absolute Gasteiger partial charge is 0.170 e. The van der Waals surface area contributed by atoms with E-state index in [1.165, 1.54) is 5.56 Å². The molecule has 3 heteroatoms. The van der Waals surface area contributed by atoms with Gasteiger partial charge >= 0.3 is 0 Å². The van der Waals surface area contributed by atoms with E-state index in [4.69, 9.17) is 9.47 Å². The maximum Gasteiger partial charge on any atom is 0.170 e. The first-order valence-corrected chi connectivity index (χ1v) is 7.57. The number of rotatable bonds is 4. The lowest BCUT2D eigenvalue weighted by atomic mass is 9.90. The van der Waals surface area contributed by atoms with Crippen molar-refractivity contribution in [3.05, 3.63) is 35.9 Å². The van der Waals surface area contributed by atoms with Gasteiger partial charge in [0.25, 0.3) is 0 Å². The number of nitrogens with zero attached hydrogens (tertiary/aromatic N) is 1. The molecule has 1 atom stereocenters. The van der Waals surface area contributed by atoms with Gasteiger partial charge in [-0.1, -0.05) is 37.3 Å². The Balaban J connectivity index is 1.95. The third kappa shape index (κ3) is 3.60. The fraction of sp³-hybridized carbons (Fsp3) is 0.647. The van der Waals surface area contributed by atoms with Crippen LogP contribution in [0, 0.1) is 5.92 Å². The van der Waals surface area contributed by atoms with E-state index in [2.05, 4.69) is 42.2 Å². The van der Waals surface area contributed by atoms with Crippen LogP contribution in [0.2, 0.25) is 0 Å². The molecule has 3 nitrogen and oxygen atoms in total. The van der Waals surface area contributed by atoms with E-state index in [9.17, 15) is 0 Å². The summed E-state index contributed by atoms with van der Waals surface area (Å²) in [6, 6.07) is 10.7. The minimum atomic E-state index is -0.390. The van der Waals surface area contributed by atoms with E-state index >= 15 is 0 Å². The first-order valence-electron chi connectivity index (χ1n) is 7.57. The van der Waals surface area contributed by atoms with Gasteiger partial charge in [-0.25, -0.2) is 0 Å². The molecule has 0 bridgehead atoms. The zero-order chi connectivity index (χ0) is 14.4. The second-order valence-electron chi connectivity index (χ2n) is 5.78. The van der Waals surface area contributed by atoms with Crippen LogP contribution in [-0.2, 0) is 16.0 Å². The Morgan fingerprint density at radius 2 is 1.85 bits per heavy atom. The predicted molar refractivity (Wildman–Crippen MR) is 81.5 cm³/mol. The number of benzene rings is 1. The Kier molecular flexibility index (Phi) is 5.58. The Morgan fingerprint density at radius 1 is 1.15 bits per heavy atom. The van der Waals surface area contributed by atoms with Crippen LogP contribution in [-0.4, -0.2) is 38.0 Å². The zero-order valence-corrected chi connectivity index (χ0v) is 13.0. The number of likely N-dealkylation sites (tertiary alicyclic amines) is 1. The van der Waals surface area contributed by atoms with Gasteiger partial charge in [-0.05, 0) is 31.5 Å². The summed E-state index contributed by atoms with van der Waals surface area (Å²) in [5.41, 5.74) is 1.39. The van der Waals surface area contributed by atoms with Crippen molar-refractivity contribution in [3.8, 4) is 0 Å². The van der Waals surface area contributed by atoms with Crippen molar-refractivity contribution < 1.29 is 9.47 Å². The van der Waals surface area contributed by atoms with Crippen molar-refractivity contribution in [2.45, 2.75) is 38.5 Å². The minimum absolute atomic E-state index is 0.390. The molecule has 2 rings (SSSR count). The molecule has 112 valence electrons. The van der Waals surface area contributed by atoms with Gasteiger partial charge in [-0.3, -0.25) is 4.90 Å². The van der Waals surface area contributed by atoms with Crippen molar-refractivity contribution in [2.75, 3.05) is 27.3 Å². The Labute approximate surface area is 122 Å². The number of hydrogen-bond donors (Lipinski definition) is 0. The Bertz CT molecular complexity index is 389. The van der Waals surface area contributed by atoms with Crippen LogP contribution in [0.25, 0.3) is 0 Å². The highest BCUT2D eigenvalue weighted by Crippen LogP contribution is 2.32. The number of hydrogen-bond acceptors (Lipinski definition) is 3. The van der Waals surface area contributed by atoms with Crippen LogP contribution in [0.15, 0.2) is 30.3 Å². The molecular formula is C17H27NO2. The van der Waals surface area contributed by atoms with Gasteiger partial charge in [0.05, 0.1) is 0 Å². The zero-order valence-electron chi connectivity index (χ0n) is 13.0. The molecule has 1 aromatic rings. The Morgan fingerprint density at radius 3 is 2.50 bits per heavy atom. The van der Waals surface area contributed by atoms with E-state index in [0.29, 0.717) is 5.92 Å². The summed E-state index contributed by atoms with van der Waals surface area (Å²) in [6.45, 7) is 5.49. The molecule has 1 fully saturated rings. The molecular weight excluding hydrogens is 250 g/mol. The van der Waals surface area contributed by atoms with Gasteiger partial charge in [-0.2, -0.15) is 0 Å². The number of methoxy groups -OCH3 is 2. The molecule has 0 aromatic heterocycles. The highest BCUT2D eigenvalue weighted by atomic mass is 16.7. The van der Waals surface area contributed by atoms with Gasteiger partial charge < -0.3 is 9.47 Å². The predicted octanol–water partition coefficient (Wildman–Crippen LogP) is 3.30. The summed E-state index contributed by atoms with van der Waals surface area (Å²) in [5.74, 6) is 0.0230. The first-order chi connectivity index (χ1) is 9.70. The monoisotopic (exact) mass is 277 g/mol. The van der Waals surface area contributed by atoms with E-state index < -0.39 is 5.79 Å². The quantitative estimate of drug-likeness (QED) is 0.788. The second kappa shape index (κ2) is 7.21. The molecule has 20 heavy (non-hydrogen) atoms. The van der Waals surface area contributed by atoms with Crippen LogP contribution in [0.5, 0.6) is 0 Å². The van der Waals surface area contributed by atoms with Crippen LogP contribution >= 0.6 is 0 Å². The van der Waals surface area contributed by atoms with Crippen LogP contribution < -0.4 is 0 Å². The summed E-state index contributed by atoms with van der Waals surface area (Å²) >= 11 is 0. The molecule has 0 N–H and O–H groups in total. The lowest BCUT2D eigenvalue weighted by Gasteiger charge is -2.40. The standard InChI is InChI=1S/C17H27NO2/c1-15-10-13-18(14-16-8-5-4-6-9-16)12-7-11-17(15,19-2)20-3/h4-6,8-9,15H,7,10-14H2,1-3H3. The summed E-state index contributed by atoms with van der Waals surface area (Å²) in [6.07, 6.45) is 3.18. The molecule has 1 aliphatic rings. The third-order valence-corrected chi connectivity index (χ3v) is 4.57. The van der Waals surface area contributed by atoms with Crippen LogP contribution in [0.3, 0.4) is 0 Å². The van der Waals surface area contributed by atoms with Crippen molar-refractivity contribution in [3.63, 3.8) is 0 Å². The SMILES string of the molecule is COC1(OC)CCCN(Cc2ccccc2)CCC1C. The largest absolute Gasteiger partial charge is 0.353 e. The molecule has 1 aromatic carbocycles. The van der Waals surface area contributed by atoms with Gasteiger partial charge in [0.2, 0.25) is 0 Å². The summed E-state index contributed by atoms with van der Waals surface area (Å²) in [7, 11) is 3.53. The Hall–Kier alpha value is -0.900. The second-order valence-corrected chi connectivity index (χ2v) is 5.78. The van der Waals surface area contributed by atoms with Gasteiger partial charge in [0.15, 0.2) is 5.79 Å². The summed E-state index contributed by atoms with van der Waals surface area (Å²) in [5, 5.41) is 0. The molecule has 1 saturated heterocycles. The third-order valence-electron chi connectivity index (χ3n) is 4.57. The highest BCUT2D eigenvalue weighted by molar-refractivity contribution is 5.14. The molecule has 0 spiro atoms. The van der Waals surface area contributed by atoms with Gasteiger partial charge in [-0.15, -0.1) is 0 Å². The van der Waals surface area contributed by atoms with Crippen LogP contribution in [0.1, 0.15) is 31.7 Å². The normalized spacial score (nSPS) is 24.1. The van der Waals surface area contributed by atoms with Crippen molar-refractivity contribution in [1.82, 2.24) is 4.90 Å². The lowest BCUT2D eigenvalue weighted by Crippen LogP contribution is -2.45. The average molecular weight is 277 g/mol. The van der Waals surface area contributed by atoms with Crippen molar-refractivity contribution in [1.29, 1.82) is 0 Å². The maximum atomic E-state index is 5.69. The van der Waals surface area contributed by atoms with Crippen molar-refractivity contribution >= 4 is 0 Å². The fourth-order valence-electron chi connectivity index (χ4n) is 3.19. The number of ether oxygens (including phenoxy) is 2. The van der Waals surface area contributed by atoms with E-state index in [1.807, 2.05) is 0 Å².